The van der Waals surface area contributed by atoms with E-state index < -0.39 is 5.60 Å². The Balaban J connectivity index is 2.44. The molecule has 1 N–H and O–H groups in total. The van der Waals surface area contributed by atoms with Gasteiger partial charge in [0, 0.05) is 19.6 Å². The van der Waals surface area contributed by atoms with Crippen LogP contribution in [-0.2, 0) is 9.53 Å². The Morgan fingerprint density at radius 3 is 2.57 bits per heavy atom. The second kappa shape index (κ2) is 7.35. The first-order valence-corrected chi connectivity index (χ1v) is 7.41. The fourth-order valence-corrected chi connectivity index (χ4v) is 2.37. The number of likely N-dealkylation sites (tertiary alicyclic amines) is 1. The Morgan fingerprint density at radius 1 is 1.38 bits per heavy atom. The number of hydrogen-bond acceptors (Lipinski definition) is 3. The molecule has 21 heavy (non-hydrogen) atoms. The molecule has 1 aliphatic heterocycles. The van der Waals surface area contributed by atoms with E-state index in [1.165, 1.54) is 0 Å². The summed E-state index contributed by atoms with van der Waals surface area (Å²) < 4.78 is 5.39. The predicted octanol–water partition coefficient (Wildman–Crippen LogP) is 2.02. The number of nitrogens with zero attached hydrogens (tertiary/aromatic N) is 1. The van der Waals surface area contributed by atoms with E-state index >= 15 is 0 Å². The lowest BCUT2D eigenvalue weighted by Gasteiger charge is -2.37. The molecule has 1 aliphatic rings. The molecule has 0 spiro atoms. The number of hydrogen-bond donors (Lipinski definition) is 1. The van der Waals surface area contributed by atoms with Gasteiger partial charge in [-0.25, -0.2) is 4.79 Å². The van der Waals surface area contributed by atoms with E-state index in [-0.39, 0.29) is 12.0 Å². The van der Waals surface area contributed by atoms with Crippen molar-refractivity contribution >= 4 is 12.0 Å². The lowest BCUT2D eigenvalue weighted by atomic mass is 9.87. The number of nitrogens with one attached hydrogen (secondary N) is 1. The molecule has 1 saturated heterocycles. The summed E-state index contributed by atoms with van der Waals surface area (Å²) in [7, 11) is 0. The first-order chi connectivity index (χ1) is 9.73. The lowest BCUT2D eigenvalue weighted by molar-refractivity contribution is -0.116. The quantitative estimate of drug-likeness (QED) is 0.793. The van der Waals surface area contributed by atoms with Gasteiger partial charge in [-0.15, -0.1) is 0 Å². The average molecular weight is 294 g/mol. The maximum atomic E-state index is 12.0. The van der Waals surface area contributed by atoms with Crippen molar-refractivity contribution in [2.24, 2.45) is 11.8 Å². The van der Waals surface area contributed by atoms with Gasteiger partial charge >= 0.3 is 6.09 Å². The van der Waals surface area contributed by atoms with E-state index in [0.29, 0.717) is 31.5 Å². The molecule has 0 aromatic heterocycles. The van der Waals surface area contributed by atoms with Crippen LogP contribution in [0.4, 0.5) is 4.79 Å². The SMILES string of the molecule is CC#CC(=O)NCC1CCN(C(=O)OC(C)(C)C)CC1C. The molecular weight excluding hydrogens is 268 g/mol. The molecule has 5 heteroatoms. The molecule has 5 nitrogen and oxygen atoms in total. The number of rotatable bonds is 2. The van der Waals surface area contributed by atoms with Crippen molar-refractivity contribution in [3.8, 4) is 11.8 Å². The van der Waals surface area contributed by atoms with Crippen LogP contribution < -0.4 is 5.32 Å². The smallest absolute Gasteiger partial charge is 0.410 e. The summed E-state index contributed by atoms with van der Waals surface area (Å²) in [5.74, 6) is 5.50. The zero-order chi connectivity index (χ0) is 16.0. The molecule has 0 bridgehead atoms. The van der Waals surface area contributed by atoms with Gasteiger partial charge in [-0.2, -0.15) is 0 Å². The topological polar surface area (TPSA) is 58.6 Å². The van der Waals surface area contributed by atoms with Gasteiger partial charge in [0.2, 0.25) is 0 Å². The first-order valence-electron chi connectivity index (χ1n) is 7.41. The molecule has 2 unspecified atom stereocenters. The van der Waals surface area contributed by atoms with E-state index in [9.17, 15) is 9.59 Å². The molecular formula is C16H26N2O3. The van der Waals surface area contributed by atoms with Crippen LogP contribution in [0.5, 0.6) is 0 Å². The van der Waals surface area contributed by atoms with Crippen LogP contribution in [0.25, 0.3) is 0 Å². The molecule has 1 heterocycles. The van der Waals surface area contributed by atoms with Crippen LogP contribution in [0.2, 0.25) is 0 Å². The molecule has 1 fully saturated rings. The number of carbonyl (C=O) groups excluding carboxylic acids is 2. The molecule has 118 valence electrons. The predicted molar refractivity (Wildman–Crippen MR) is 81.5 cm³/mol. The monoisotopic (exact) mass is 294 g/mol. The summed E-state index contributed by atoms with van der Waals surface area (Å²) >= 11 is 0. The molecule has 0 aromatic carbocycles. The van der Waals surface area contributed by atoms with Crippen molar-refractivity contribution < 1.29 is 14.3 Å². The summed E-state index contributed by atoms with van der Waals surface area (Å²) in [6, 6.07) is 0. The highest BCUT2D eigenvalue weighted by atomic mass is 16.6. The van der Waals surface area contributed by atoms with Gasteiger partial charge in [0.15, 0.2) is 0 Å². The maximum absolute atomic E-state index is 12.0. The number of ether oxygens (including phenoxy) is 1. The molecule has 2 atom stereocenters. The number of amides is 2. The van der Waals surface area contributed by atoms with Crippen molar-refractivity contribution in [3.63, 3.8) is 0 Å². The van der Waals surface area contributed by atoms with Gasteiger partial charge in [-0.05, 0) is 51.9 Å². The highest BCUT2D eigenvalue weighted by Gasteiger charge is 2.31. The largest absolute Gasteiger partial charge is 0.444 e. The van der Waals surface area contributed by atoms with E-state index in [1.54, 1.807) is 11.8 Å². The van der Waals surface area contributed by atoms with Crippen LogP contribution in [0, 0.1) is 23.7 Å². The molecule has 1 rings (SSSR count). The Morgan fingerprint density at radius 2 is 2.05 bits per heavy atom. The molecule has 0 radical (unpaired) electrons. The summed E-state index contributed by atoms with van der Waals surface area (Å²) in [6.45, 7) is 11.3. The van der Waals surface area contributed by atoms with Gasteiger partial charge in [0.25, 0.3) is 5.91 Å². The lowest BCUT2D eigenvalue weighted by Crippen LogP contribution is -2.47. The average Bonchev–Trinajstić information content (AvgIpc) is 2.35. The summed E-state index contributed by atoms with van der Waals surface area (Å²) in [5.41, 5.74) is -0.468. The van der Waals surface area contributed by atoms with Crippen molar-refractivity contribution in [2.75, 3.05) is 19.6 Å². The minimum absolute atomic E-state index is 0.237. The van der Waals surface area contributed by atoms with Gasteiger partial charge in [-0.3, -0.25) is 4.79 Å². The van der Waals surface area contributed by atoms with E-state index in [1.807, 2.05) is 20.8 Å². The van der Waals surface area contributed by atoms with Crippen LogP contribution in [-0.4, -0.2) is 42.1 Å². The Kier molecular flexibility index (Phi) is 6.07. The highest BCUT2D eigenvalue weighted by molar-refractivity contribution is 5.93. The van der Waals surface area contributed by atoms with Crippen molar-refractivity contribution in [1.82, 2.24) is 10.2 Å². The number of piperidine rings is 1. The van der Waals surface area contributed by atoms with Gasteiger partial charge in [0.05, 0.1) is 0 Å². The minimum atomic E-state index is -0.468. The second-order valence-corrected chi connectivity index (χ2v) is 6.54. The highest BCUT2D eigenvalue weighted by Crippen LogP contribution is 2.24. The fourth-order valence-electron chi connectivity index (χ4n) is 2.37. The van der Waals surface area contributed by atoms with Crippen LogP contribution >= 0.6 is 0 Å². The normalized spacial score (nSPS) is 22.0. The molecule has 2 amide bonds. The van der Waals surface area contributed by atoms with E-state index in [2.05, 4.69) is 24.1 Å². The van der Waals surface area contributed by atoms with Gasteiger partial charge in [-0.1, -0.05) is 12.8 Å². The Labute approximate surface area is 127 Å². The third-order valence-electron chi connectivity index (χ3n) is 3.50. The molecule has 0 aromatic rings. The van der Waals surface area contributed by atoms with Crippen molar-refractivity contribution in [2.45, 2.75) is 46.6 Å². The number of carbonyl (C=O) groups is 2. The third-order valence-corrected chi connectivity index (χ3v) is 3.50. The first kappa shape index (κ1) is 17.4. The van der Waals surface area contributed by atoms with Crippen LogP contribution in [0.1, 0.15) is 41.0 Å². The second-order valence-electron chi connectivity index (χ2n) is 6.54. The summed E-state index contributed by atoms with van der Waals surface area (Å²) in [6.07, 6.45) is 0.606. The maximum Gasteiger partial charge on any atom is 0.410 e. The van der Waals surface area contributed by atoms with E-state index in [4.69, 9.17) is 4.74 Å². The van der Waals surface area contributed by atoms with E-state index in [0.717, 1.165) is 6.42 Å². The Bertz CT molecular complexity index is 443. The third kappa shape index (κ3) is 6.07. The summed E-state index contributed by atoms with van der Waals surface area (Å²) in [5, 5.41) is 2.82. The van der Waals surface area contributed by atoms with Crippen molar-refractivity contribution in [3.05, 3.63) is 0 Å². The zero-order valence-corrected chi connectivity index (χ0v) is 13.7. The Hall–Kier alpha value is -1.70. The zero-order valence-electron chi connectivity index (χ0n) is 13.7. The van der Waals surface area contributed by atoms with Crippen LogP contribution in [0.15, 0.2) is 0 Å². The molecule has 0 aliphatic carbocycles. The fraction of sp³-hybridized carbons (Fsp3) is 0.750. The minimum Gasteiger partial charge on any atom is -0.444 e. The molecule has 0 saturated carbocycles. The van der Waals surface area contributed by atoms with Crippen molar-refractivity contribution in [1.29, 1.82) is 0 Å². The van der Waals surface area contributed by atoms with Crippen LogP contribution in [0.3, 0.4) is 0 Å². The van der Waals surface area contributed by atoms with Gasteiger partial charge < -0.3 is 15.0 Å². The standard InChI is InChI=1S/C16H26N2O3/c1-6-7-14(19)17-10-13-8-9-18(11-12(13)2)15(20)21-16(3,4)5/h12-13H,8-11H2,1-5H3,(H,17,19). The summed E-state index contributed by atoms with van der Waals surface area (Å²) in [4.78, 5) is 25.1. The van der Waals surface area contributed by atoms with Gasteiger partial charge in [0.1, 0.15) is 5.60 Å².